The number of rotatable bonds is 11. The summed E-state index contributed by atoms with van der Waals surface area (Å²) in [6.07, 6.45) is 4.21. The number of benzene rings is 1. The minimum atomic E-state index is -0.781. The Balaban J connectivity index is 1.70. The number of aromatic nitrogens is 1. The Morgan fingerprint density at radius 3 is 2.41 bits per heavy atom. The largest absolute Gasteiger partial charge is 0.493 e. The number of esters is 2. The number of Topliss-reactive ketones (excluding diaryl/α,β-unsaturated/α-hetero) is 1. The summed E-state index contributed by atoms with van der Waals surface area (Å²) in [6.45, 7) is 4.59. The normalized spacial score (nSPS) is 15.9. The first-order valence-electron chi connectivity index (χ1n) is 12.2. The molecule has 1 saturated carbocycles. The summed E-state index contributed by atoms with van der Waals surface area (Å²) in [5.74, 6) is -1.66. The third kappa shape index (κ3) is 7.58. The molecule has 10 heteroatoms. The maximum atomic E-state index is 13.0. The predicted octanol–water partition coefficient (Wildman–Crippen LogP) is 6.10. The van der Waals surface area contributed by atoms with Crippen LogP contribution in [0.15, 0.2) is 30.5 Å². The number of ether oxygens (including phenoxy) is 4. The third-order valence-corrected chi connectivity index (χ3v) is 6.81. The van der Waals surface area contributed by atoms with E-state index in [2.05, 4.69) is 4.98 Å². The van der Waals surface area contributed by atoms with Crippen molar-refractivity contribution < 1.29 is 33.3 Å². The summed E-state index contributed by atoms with van der Waals surface area (Å²) in [6, 6.07) is 6.47. The van der Waals surface area contributed by atoms with Gasteiger partial charge in [0.15, 0.2) is 17.2 Å². The number of nitrogens with zero attached hydrogens (tertiary/aromatic N) is 1. The zero-order valence-electron chi connectivity index (χ0n) is 21.3. The van der Waals surface area contributed by atoms with Crippen LogP contribution < -0.4 is 14.2 Å². The maximum absolute atomic E-state index is 13.0. The second-order valence-electron chi connectivity index (χ2n) is 9.16. The Morgan fingerprint density at radius 1 is 1.08 bits per heavy atom. The highest BCUT2D eigenvalue weighted by molar-refractivity contribution is 6.35. The topological polar surface area (TPSA) is 101 Å². The van der Waals surface area contributed by atoms with Gasteiger partial charge in [0, 0.05) is 30.6 Å². The lowest BCUT2D eigenvalue weighted by Crippen LogP contribution is -2.40. The molecule has 3 rings (SSSR count). The summed E-state index contributed by atoms with van der Waals surface area (Å²) in [7, 11) is 1.39. The number of hydrogen-bond donors (Lipinski definition) is 0. The van der Waals surface area contributed by atoms with Crippen LogP contribution >= 0.6 is 23.2 Å². The smallest absolute Gasteiger partial charge is 0.309 e. The van der Waals surface area contributed by atoms with E-state index in [1.165, 1.54) is 26.3 Å². The van der Waals surface area contributed by atoms with Crippen LogP contribution in [0.5, 0.6) is 17.2 Å². The van der Waals surface area contributed by atoms with Gasteiger partial charge in [-0.3, -0.25) is 14.4 Å². The van der Waals surface area contributed by atoms with Crippen LogP contribution in [-0.2, 0) is 14.3 Å². The summed E-state index contributed by atoms with van der Waals surface area (Å²) >= 11 is 12.3. The molecule has 1 aromatic carbocycles. The molecule has 0 spiro atoms. The highest BCUT2D eigenvalue weighted by Gasteiger charge is 2.35. The number of pyridine rings is 1. The molecule has 1 heterocycles. The first-order chi connectivity index (χ1) is 17.6. The van der Waals surface area contributed by atoms with E-state index in [1.807, 2.05) is 0 Å². The maximum Gasteiger partial charge on any atom is 0.309 e. The van der Waals surface area contributed by atoms with E-state index >= 15 is 0 Å². The number of halogens is 2. The zero-order chi connectivity index (χ0) is 27.1. The van der Waals surface area contributed by atoms with E-state index in [1.54, 1.807) is 32.0 Å². The van der Waals surface area contributed by atoms with Gasteiger partial charge in [-0.25, -0.2) is 4.98 Å². The number of methoxy groups -OCH3 is 1. The average Bonchev–Trinajstić information content (AvgIpc) is 3.37. The molecule has 0 radical (unpaired) electrons. The van der Waals surface area contributed by atoms with Gasteiger partial charge in [-0.2, -0.15) is 0 Å². The number of hydrogen-bond acceptors (Lipinski definition) is 8. The van der Waals surface area contributed by atoms with Crippen molar-refractivity contribution in [3.8, 4) is 17.2 Å². The van der Waals surface area contributed by atoms with Gasteiger partial charge in [0.25, 0.3) is 0 Å². The molecule has 0 bridgehead atoms. The fraction of sp³-hybridized carbons (Fsp3) is 0.481. The van der Waals surface area contributed by atoms with Gasteiger partial charge >= 0.3 is 11.9 Å². The SMILES string of the molecule is COc1ccnc(C(=O)C[C@@H](C)C(=O)O[C@@H](C)[C@H](Oc2ccc(Cl)cc2Cl)C2CCCC2)c1OC(C)=O. The Hall–Kier alpha value is -2.84. The monoisotopic (exact) mass is 551 g/mol. The van der Waals surface area contributed by atoms with Crippen LogP contribution in [0, 0.1) is 11.8 Å². The van der Waals surface area contributed by atoms with Gasteiger partial charge in [-0.1, -0.05) is 43.0 Å². The molecular formula is C27H31Cl2NO7. The fourth-order valence-electron chi connectivity index (χ4n) is 4.44. The first-order valence-corrected chi connectivity index (χ1v) is 12.9. The number of carbonyl (C=O) groups excluding carboxylic acids is 3. The summed E-state index contributed by atoms with van der Waals surface area (Å²) in [4.78, 5) is 41.6. The van der Waals surface area contributed by atoms with E-state index in [0.29, 0.717) is 15.8 Å². The lowest BCUT2D eigenvalue weighted by molar-refractivity contribution is -0.158. The second-order valence-corrected chi connectivity index (χ2v) is 10.0. The highest BCUT2D eigenvalue weighted by atomic mass is 35.5. The molecule has 1 aliphatic rings. The first kappa shape index (κ1) is 28.7. The molecule has 8 nitrogen and oxygen atoms in total. The van der Waals surface area contributed by atoms with E-state index in [9.17, 15) is 14.4 Å². The Labute approximate surface area is 226 Å². The Morgan fingerprint density at radius 2 is 1.78 bits per heavy atom. The predicted molar refractivity (Wildman–Crippen MR) is 139 cm³/mol. The molecule has 0 aliphatic heterocycles. The second kappa shape index (κ2) is 13.1. The summed E-state index contributed by atoms with van der Waals surface area (Å²) < 4.78 is 22.4. The van der Waals surface area contributed by atoms with Crippen molar-refractivity contribution in [3.63, 3.8) is 0 Å². The molecule has 2 aromatic rings. The van der Waals surface area contributed by atoms with Crippen molar-refractivity contribution in [1.82, 2.24) is 4.98 Å². The Bertz CT molecular complexity index is 1130. The van der Waals surface area contributed by atoms with Crippen LogP contribution in [0.3, 0.4) is 0 Å². The van der Waals surface area contributed by atoms with Crippen LogP contribution in [0.1, 0.15) is 63.4 Å². The van der Waals surface area contributed by atoms with Gasteiger partial charge in [0.2, 0.25) is 5.75 Å². The van der Waals surface area contributed by atoms with Gasteiger partial charge in [0.1, 0.15) is 18.0 Å². The van der Waals surface area contributed by atoms with Crippen molar-refractivity contribution in [2.45, 2.75) is 65.1 Å². The molecule has 1 aromatic heterocycles. The molecule has 200 valence electrons. The summed E-state index contributed by atoms with van der Waals surface area (Å²) in [5, 5.41) is 0.873. The van der Waals surface area contributed by atoms with Crippen LogP contribution in [0.2, 0.25) is 10.0 Å². The van der Waals surface area contributed by atoms with Crippen molar-refractivity contribution in [1.29, 1.82) is 0 Å². The lowest BCUT2D eigenvalue weighted by atomic mass is 9.96. The molecule has 37 heavy (non-hydrogen) atoms. The molecule has 1 aliphatic carbocycles. The molecule has 1 fully saturated rings. The Kier molecular flexibility index (Phi) is 10.2. The quantitative estimate of drug-likeness (QED) is 0.244. The van der Waals surface area contributed by atoms with Crippen LogP contribution in [0.4, 0.5) is 0 Å². The number of carbonyl (C=O) groups is 3. The average molecular weight is 552 g/mol. The minimum absolute atomic E-state index is 0.0778. The van der Waals surface area contributed by atoms with Gasteiger partial charge in [0.05, 0.1) is 18.1 Å². The molecule has 0 saturated heterocycles. The van der Waals surface area contributed by atoms with Crippen LogP contribution in [-0.4, -0.2) is 42.0 Å². The fourth-order valence-corrected chi connectivity index (χ4v) is 4.89. The van der Waals surface area contributed by atoms with Gasteiger partial charge in [-0.05, 0) is 43.9 Å². The highest BCUT2D eigenvalue weighted by Crippen LogP contribution is 2.36. The molecule has 3 atom stereocenters. The van der Waals surface area contributed by atoms with E-state index in [0.717, 1.165) is 25.7 Å². The van der Waals surface area contributed by atoms with Crippen molar-refractivity contribution >= 4 is 40.9 Å². The third-order valence-electron chi connectivity index (χ3n) is 6.28. The standard InChI is InChI=1S/C27H31Cl2NO7/c1-15(13-21(32)24-26(36-17(3)31)23(34-4)11-12-30-24)27(33)35-16(2)25(18-7-5-6-8-18)37-22-10-9-19(28)14-20(22)29/h9-12,14-16,18,25H,5-8,13H2,1-4H3/t15-,16+,25+/m1/s1. The van der Waals surface area contributed by atoms with Gasteiger partial charge < -0.3 is 18.9 Å². The zero-order valence-corrected chi connectivity index (χ0v) is 22.8. The number of ketones is 1. The van der Waals surface area contributed by atoms with Crippen molar-refractivity contribution in [2.75, 3.05) is 7.11 Å². The molecule has 0 unspecified atom stereocenters. The van der Waals surface area contributed by atoms with E-state index in [-0.39, 0.29) is 29.5 Å². The van der Waals surface area contributed by atoms with Gasteiger partial charge in [-0.15, -0.1) is 0 Å². The minimum Gasteiger partial charge on any atom is -0.493 e. The van der Waals surface area contributed by atoms with Crippen molar-refractivity contribution in [2.24, 2.45) is 11.8 Å². The molecule has 0 amide bonds. The lowest BCUT2D eigenvalue weighted by Gasteiger charge is -2.30. The van der Waals surface area contributed by atoms with E-state index in [4.69, 9.17) is 42.1 Å². The van der Waals surface area contributed by atoms with Crippen LogP contribution in [0.25, 0.3) is 0 Å². The summed E-state index contributed by atoms with van der Waals surface area (Å²) in [5.41, 5.74) is -0.0909. The van der Waals surface area contributed by atoms with E-state index < -0.39 is 35.8 Å². The molecule has 0 N–H and O–H groups in total. The molecular weight excluding hydrogens is 521 g/mol. The van der Waals surface area contributed by atoms with Crippen molar-refractivity contribution in [3.05, 3.63) is 46.2 Å².